The molecule has 0 N–H and O–H groups in total. The lowest BCUT2D eigenvalue weighted by Crippen LogP contribution is -2.67. The fraction of sp³-hybridized carbons (Fsp3) is 0.333. The Morgan fingerprint density at radius 1 is 1.06 bits per heavy atom. The van der Waals surface area contributed by atoms with Crippen LogP contribution in [0.1, 0.15) is 12.8 Å². The molecule has 14 heteroatoms. The first kappa shape index (κ1) is 25.7. The van der Waals surface area contributed by atoms with Gasteiger partial charge in [-0.05, 0) is 48.5 Å². The van der Waals surface area contributed by atoms with E-state index in [2.05, 4.69) is 0 Å². The Bertz CT molecular complexity index is 1450. The number of nitrogens with zero attached hydrogens (tertiary/aromatic N) is 2. The SMILES string of the molecule is O=S(=O)([O-])CCCN1c2cc(Cl)ccc2SC1/C=C1/Sc2ccc(Cl)cc2[N+]12CCC2S(=O)(=O)[O-]. The van der Waals surface area contributed by atoms with Gasteiger partial charge in [-0.1, -0.05) is 35.0 Å². The van der Waals surface area contributed by atoms with Gasteiger partial charge < -0.3 is 14.0 Å². The molecule has 3 heterocycles. The fourth-order valence-corrected chi connectivity index (χ4v) is 9.55. The fourth-order valence-electron chi connectivity index (χ4n) is 4.80. The van der Waals surface area contributed by atoms with E-state index in [0.29, 0.717) is 27.3 Å². The number of anilines is 1. The molecule has 2 aromatic rings. The number of hydrogen-bond donors (Lipinski definition) is 0. The van der Waals surface area contributed by atoms with Crippen molar-refractivity contribution in [2.75, 3.05) is 23.7 Å². The monoisotopic (exact) mass is 593 g/mol. The highest BCUT2D eigenvalue weighted by Crippen LogP contribution is 2.59. The molecular weight excluding hydrogens is 575 g/mol. The summed E-state index contributed by atoms with van der Waals surface area (Å²) in [5.41, 5.74) is 1.50. The van der Waals surface area contributed by atoms with Gasteiger partial charge in [-0.2, -0.15) is 0 Å². The maximum atomic E-state index is 12.2. The first-order valence-corrected chi connectivity index (χ1v) is 16.1. The highest BCUT2D eigenvalue weighted by Gasteiger charge is 2.60. The van der Waals surface area contributed by atoms with Crippen LogP contribution < -0.4 is 9.38 Å². The molecule has 0 aromatic heterocycles. The van der Waals surface area contributed by atoms with Crippen LogP contribution in [0.25, 0.3) is 0 Å². The van der Waals surface area contributed by atoms with Gasteiger partial charge in [0.1, 0.15) is 5.37 Å². The van der Waals surface area contributed by atoms with E-state index in [4.69, 9.17) is 23.2 Å². The molecule has 0 bridgehead atoms. The highest BCUT2D eigenvalue weighted by atomic mass is 35.5. The van der Waals surface area contributed by atoms with Crippen molar-refractivity contribution < 1.29 is 25.9 Å². The molecule has 5 rings (SSSR count). The zero-order chi connectivity index (χ0) is 25.2. The first-order chi connectivity index (χ1) is 16.4. The number of fused-ring (bicyclic) bond motifs is 3. The predicted octanol–water partition coefficient (Wildman–Crippen LogP) is 4.40. The number of rotatable bonds is 6. The molecule has 0 amide bonds. The van der Waals surface area contributed by atoms with Gasteiger partial charge in [0.05, 0.1) is 33.7 Å². The third-order valence-electron chi connectivity index (χ3n) is 6.38. The van der Waals surface area contributed by atoms with Crippen LogP contribution in [0.4, 0.5) is 11.4 Å². The molecule has 0 aliphatic carbocycles. The molecule has 0 radical (unpaired) electrons. The Kier molecular flexibility index (Phi) is 6.68. The van der Waals surface area contributed by atoms with Gasteiger partial charge in [0.2, 0.25) is 0 Å². The Morgan fingerprint density at radius 2 is 1.74 bits per heavy atom. The van der Waals surface area contributed by atoms with Gasteiger partial charge in [-0.3, -0.25) is 0 Å². The van der Waals surface area contributed by atoms with Crippen LogP contribution >= 0.6 is 46.7 Å². The molecule has 0 saturated carbocycles. The minimum absolute atomic E-state index is 0.0939. The van der Waals surface area contributed by atoms with E-state index in [1.165, 1.54) is 23.5 Å². The van der Waals surface area contributed by atoms with Crippen molar-refractivity contribution in [2.45, 2.75) is 33.4 Å². The Hall–Kier alpha value is -0.960. The summed E-state index contributed by atoms with van der Waals surface area (Å²) >= 11 is 15.4. The second-order valence-electron chi connectivity index (χ2n) is 8.48. The quantitative estimate of drug-likeness (QED) is 0.354. The van der Waals surface area contributed by atoms with Crippen molar-refractivity contribution >= 4 is 78.3 Å². The van der Waals surface area contributed by atoms with Crippen LogP contribution in [0, 0.1) is 0 Å². The van der Waals surface area contributed by atoms with E-state index in [9.17, 15) is 25.9 Å². The number of halogens is 2. The maximum absolute atomic E-state index is 12.2. The molecule has 3 atom stereocenters. The van der Waals surface area contributed by atoms with Gasteiger partial charge in [0.15, 0.2) is 26.2 Å². The first-order valence-electron chi connectivity index (χ1n) is 10.6. The summed E-state index contributed by atoms with van der Waals surface area (Å²) in [6.07, 6.45) is 2.30. The Balaban J connectivity index is 1.56. The smallest absolute Gasteiger partial charge is 0.194 e. The van der Waals surface area contributed by atoms with Crippen molar-refractivity contribution in [1.29, 1.82) is 0 Å². The molecule has 188 valence electrons. The van der Waals surface area contributed by atoms with Gasteiger partial charge in [0.25, 0.3) is 0 Å². The summed E-state index contributed by atoms with van der Waals surface area (Å²) in [4.78, 5) is 3.71. The van der Waals surface area contributed by atoms with Crippen LogP contribution in [0.3, 0.4) is 0 Å². The van der Waals surface area contributed by atoms with Gasteiger partial charge >= 0.3 is 0 Å². The van der Waals surface area contributed by atoms with E-state index in [-0.39, 0.29) is 29.2 Å². The molecule has 35 heavy (non-hydrogen) atoms. The second kappa shape index (κ2) is 9.10. The minimum atomic E-state index is -4.60. The van der Waals surface area contributed by atoms with Crippen LogP contribution in [-0.2, 0) is 20.2 Å². The van der Waals surface area contributed by atoms with Crippen molar-refractivity contribution in [3.05, 3.63) is 57.5 Å². The van der Waals surface area contributed by atoms with Crippen molar-refractivity contribution in [3.63, 3.8) is 0 Å². The van der Waals surface area contributed by atoms with E-state index >= 15 is 0 Å². The van der Waals surface area contributed by atoms with Crippen LogP contribution in [0.2, 0.25) is 10.0 Å². The summed E-state index contributed by atoms with van der Waals surface area (Å²) in [6, 6.07) is 10.7. The third kappa shape index (κ3) is 4.73. The normalized spacial score (nSPS) is 26.7. The second-order valence-corrected chi connectivity index (χ2v) is 14.6. The molecule has 3 aliphatic rings. The average Bonchev–Trinajstić information content (AvgIpc) is 3.21. The van der Waals surface area contributed by atoms with Crippen LogP contribution in [-0.4, -0.2) is 55.5 Å². The number of benzene rings is 2. The summed E-state index contributed by atoms with van der Waals surface area (Å²) in [5, 5.41) is 0.199. The summed E-state index contributed by atoms with van der Waals surface area (Å²) in [6.45, 7) is 0.728. The number of thioether (sulfide) groups is 2. The maximum Gasteiger partial charge on any atom is 0.194 e. The van der Waals surface area contributed by atoms with Crippen molar-refractivity contribution in [3.8, 4) is 0 Å². The Morgan fingerprint density at radius 3 is 2.37 bits per heavy atom. The summed E-state index contributed by atoms with van der Waals surface area (Å²) in [7, 11) is -8.96. The summed E-state index contributed by atoms with van der Waals surface area (Å²) in [5.74, 6) is -0.497. The Labute approximate surface area is 222 Å². The third-order valence-corrected chi connectivity index (χ3v) is 11.4. The molecule has 1 fully saturated rings. The van der Waals surface area contributed by atoms with Crippen molar-refractivity contribution in [1.82, 2.24) is 4.48 Å². The molecule has 8 nitrogen and oxygen atoms in total. The largest absolute Gasteiger partial charge is 0.748 e. The molecular formula is C21H19Cl2N2O6S4-. The zero-order valence-corrected chi connectivity index (χ0v) is 22.7. The van der Waals surface area contributed by atoms with Crippen LogP contribution in [0.15, 0.2) is 57.3 Å². The number of hydrogen-bond acceptors (Lipinski definition) is 9. The number of quaternary nitrogens is 1. The molecule has 2 aromatic carbocycles. The summed E-state index contributed by atoms with van der Waals surface area (Å²) < 4.78 is 70.0. The van der Waals surface area contributed by atoms with Gasteiger partial charge in [-0.15, -0.1) is 0 Å². The van der Waals surface area contributed by atoms with E-state index < -0.39 is 31.4 Å². The predicted molar refractivity (Wildman–Crippen MR) is 138 cm³/mol. The average molecular weight is 595 g/mol. The molecule has 3 aliphatic heterocycles. The lowest BCUT2D eigenvalue weighted by molar-refractivity contribution is 0.202. The molecule has 1 spiro atoms. The minimum Gasteiger partial charge on any atom is -0.748 e. The standard InChI is InChI=1S/C21H20Cl2N2O6S4/c22-13-2-4-17-15(10-13)24(7-1-9-34(26,27)28)19(32-17)12-20-25(8-6-21(25)35(29,30)31)16-11-14(23)3-5-18(16)33-20/h2-5,10-12,19,21H,1,6-9H2,(H-,26,27,28,29,30,31)/p-1/b20-12+. The van der Waals surface area contributed by atoms with Gasteiger partial charge in [0, 0.05) is 39.4 Å². The van der Waals surface area contributed by atoms with Gasteiger partial charge in [-0.25, -0.2) is 21.3 Å². The zero-order valence-electron chi connectivity index (χ0n) is 18.0. The molecule has 3 unspecified atom stereocenters. The van der Waals surface area contributed by atoms with E-state index in [1.54, 1.807) is 24.3 Å². The topological polar surface area (TPSA) is 118 Å². The van der Waals surface area contributed by atoms with E-state index in [0.717, 1.165) is 15.5 Å². The van der Waals surface area contributed by atoms with Crippen LogP contribution in [0.5, 0.6) is 0 Å². The highest BCUT2D eigenvalue weighted by molar-refractivity contribution is 8.04. The molecule has 1 saturated heterocycles. The van der Waals surface area contributed by atoms with Crippen molar-refractivity contribution in [2.24, 2.45) is 0 Å². The lowest BCUT2D eigenvalue weighted by Gasteiger charge is -2.49. The van der Waals surface area contributed by atoms with E-state index in [1.807, 2.05) is 23.1 Å². The lowest BCUT2D eigenvalue weighted by atomic mass is 10.1.